The molecule has 1 aliphatic rings. The van der Waals surface area contributed by atoms with Crippen LogP contribution in [-0.4, -0.2) is 16.8 Å². The summed E-state index contributed by atoms with van der Waals surface area (Å²) in [6.07, 6.45) is 3.68. The highest BCUT2D eigenvalue weighted by molar-refractivity contribution is 6.00. The van der Waals surface area contributed by atoms with E-state index in [0.29, 0.717) is 12.8 Å². The van der Waals surface area contributed by atoms with Crippen molar-refractivity contribution in [3.8, 4) is 0 Å². The lowest BCUT2D eigenvalue weighted by atomic mass is 9.94. The molecule has 2 heterocycles. The molecule has 1 aromatic rings. The summed E-state index contributed by atoms with van der Waals surface area (Å²) in [5.41, 5.74) is 1.90. The molecule has 4 heteroatoms. The van der Waals surface area contributed by atoms with Gasteiger partial charge in [0.2, 0.25) is 11.8 Å². The number of hydrogen-bond acceptors (Lipinski definition) is 3. The van der Waals surface area contributed by atoms with Crippen molar-refractivity contribution in [2.24, 2.45) is 0 Å². The molecule has 2 rings (SSSR count). The molecule has 2 amide bonds. The average molecular weight is 218 g/mol. The molecule has 1 fully saturated rings. The second-order valence-electron chi connectivity index (χ2n) is 3.95. The number of pyridine rings is 1. The van der Waals surface area contributed by atoms with Crippen molar-refractivity contribution >= 4 is 11.8 Å². The van der Waals surface area contributed by atoms with E-state index in [1.54, 1.807) is 6.20 Å². The van der Waals surface area contributed by atoms with Crippen molar-refractivity contribution in [3.05, 3.63) is 29.6 Å². The van der Waals surface area contributed by atoms with E-state index in [-0.39, 0.29) is 17.7 Å². The molecule has 4 nitrogen and oxygen atoms in total. The molecular weight excluding hydrogens is 204 g/mol. The van der Waals surface area contributed by atoms with E-state index in [9.17, 15) is 9.59 Å². The van der Waals surface area contributed by atoms with E-state index in [1.165, 1.54) is 0 Å². The molecule has 0 aliphatic carbocycles. The Morgan fingerprint density at radius 3 is 2.81 bits per heavy atom. The molecule has 84 valence electrons. The number of amides is 2. The van der Waals surface area contributed by atoms with E-state index >= 15 is 0 Å². The van der Waals surface area contributed by atoms with Crippen LogP contribution in [0.2, 0.25) is 0 Å². The van der Waals surface area contributed by atoms with Gasteiger partial charge in [-0.15, -0.1) is 0 Å². The van der Waals surface area contributed by atoms with Gasteiger partial charge in [0.15, 0.2) is 0 Å². The molecular formula is C12H14N2O2. The van der Waals surface area contributed by atoms with Crippen molar-refractivity contribution in [1.29, 1.82) is 0 Å². The molecule has 0 aromatic carbocycles. The molecule has 0 saturated carbocycles. The first kappa shape index (κ1) is 10.8. The molecule has 1 aliphatic heterocycles. The molecule has 0 radical (unpaired) electrons. The molecule has 1 saturated heterocycles. The standard InChI is InChI=1S/C12H14N2O2/c1-2-8-3-5-10(13-7-8)9-4-6-11(15)14-12(9)16/h3,5,7,9H,2,4,6H2,1H3,(H,14,15,16). The highest BCUT2D eigenvalue weighted by atomic mass is 16.2. The van der Waals surface area contributed by atoms with Crippen molar-refractivity contribution in [3.63, 3.8) is 0 Å². The van der Waals surface area contributed by atoms with Crippen LogP contribution in [0.1, 0.15) is 36.9 Å². The average Bonchev–Trinajstić information content (AvgIpc) is 2.29. The van der Waals surface area contributed by atoms with Crippen LogP contribution in [-0.2, 0) is 16.0 Å². The Kier molecular flexibility index (Phi) is 2.99. The maximum atomic E-state index is 11.6. The Bertz CT molecular complexity index is 412. The van der Waals surface area contributed by atoms with E-state index in [4.69, 9.17) is 0 Å². The number of aryl methyl sites for hydroxylation is 1. The molecule has 0 spiro atoms. The SMILES string of the molecule is CCc1ccc(C2CCC(=O)NC2=O)nc1. The second kappa shape index (κ2) is 4.43. The van der Waals surface area contributed by atoms with E-state index in [2.05, 4.69) is 17.2 Å². The summed E-state index contributed by atoms with van der Waals surface area (Å²) in [7, 11) is 0. The number of carbonyl (C=O) groups is 2. The predicted molar refractivity (Wildman–Crippen MR) is 58.7 cm³/mol. The van der Waals surface area contributed by atoms with Crippen LogP contribution >= 0.6 is 0 Å². The summed E-state index contributed by atoms with van der Waals surface area (Å²) in [6, 6.07) is 3.85. The lowest BCUT2D eigenvalue weighted by Gasteiger charge is -2.20. The number of piperidine rings is 1. The van der Waals surface area contributed by atoms with Crippen molar-refractivity contribution in [2.75, 3.05) is 0 Å². The monoisotopic (exact) mass is 218 g/mol. The van der Waals surface area contributed by atoms with Crippen LogP contribution in [0.5, 0.6) is 0 Å². The Labute approximate surface area is 94.1 Å². The van der Waals surface area contributed by atoms with Gasteiger partial charge in [-0.3, -0.25) is 19.9 Å². The number of rotatable bonds is 2. The van der Waals surface area contributed by atoms with E-state index < -0.39 is 0 Å². The summed E-state index contributed by atoms with van der Waals surface area (Å²) in [5.74, 6) is -0.692. The minimum atomic E-state index is -0.274. The fourth-order valence-electron chi connectivity index (χ4n) is 1.83. The number of imide groups is 1. The topological polar surface area (TPSA) is 59.1 Å². The number of aromatic nitrogens is 1. The third-order valence-electron chi connectivity index (χ3n) is 2.85. The van der Waals surface area contributed by atoms with Gasteiger partial charge < -0.3 is 0 Å². The number of nitrogens with zero attached hydrogens (tertiary/aromatic N) is 1. The predicted octanol–water partition coefficient (Wildman–Crippen LogP) is 1.16. The molecule has 1 N–H and O–H groups in total. The van der Waals surface area contributed by atoms with Crippen LogP contribution < -0.4 is 5.32 Å². The maximum Gasteiger partial charge on any atom is 0.235 e. The number of nitrogens with one attached hydrogen (secondary N) is 1. The Hall–Kier alpha value is -1.71. The van der Waals surface area contributed by atoms with Gasteiger partial charge >= 0.3 is 0 Å². The van der Waals surface area contributed by atoms with Gasteiger partial charge in [0.1, 0.15) is 0 Å². The van der Waals surface area contributed by atoms with Crippen LogP contribution in [0.15, 0.2) is 18.3 Å². The summed E-state index contributed by atoms with van der Waals surface area (Å²) < 4.78 is 0. The molecule has 0 bridgehead atoms. The lowest BCUT2D eigenvalue weighted by molar-refractivity contribution is -0.134. The summed E-state index contributed by atoms with van der Waals surface area (Å²) in [4.78, 5) is 26.9. The van der Waals surface area contributed by atoms with Crippen LogP contribution in [0, 0.1) is 0 Å². The van der Waals surface area contributed by atoms with Gasteiger partial charge in [-0.1, -0.05) is 13.0 Å². The van der Waals surface area contributed by atoms with Gasteiger partial charge in [-0.25, -0.2) is 0 Å². The molecule has 16 heavy (non-hydrogen) atoms. The third kappa shape index (κ3) is 2.10. The van der Waals surface area contributed by atoms with Crippen molar-refractivity contribution in [1.82, 2.24) is 10.3 Å². The second-order valence-corrected chi connectivity index (χ2v) is 3.95. The Balaban J connectivity index is 2.17. The minimum Gasteiger partial charge on any atom is -0.296 e. The first-order valence-corrected chi connectivity index (χ1v) is 5.49. The Morgan fingerprint density at radius 1 is 1.44 bits per heavy atom. The van der Waals surface area contributed by atoms with Crippen LogP contribution in [0.25, 0.3) is 0 Å². The van der Waals surface area contributed by atoms with Gasteiger partial charge in [-0.2, -0.15) is 0 Å². The number of carbonyl (C=O) groups excluding carboxylic acids is 2. The number of hydrogen-bond donors (Lipinski definition) is 1. The maximum absolute atomic E-state index is 11.6. The zero-order valence-corrected chi connectivity index (χ0v) is 9.19. The quantitative estimate of drug-likeness (QED) is 0.758. The van der Waals surface area contributed by atoms with Gasteiger partial charge in [0.05, 0.1) is 11.6 Å². The van der Waals surface area contributed by atoms with Gasteiger partial charge in [-0.05, 0) is 24.5 Å². The molecule has 1 aromatic heterocycles. The minimum absolute atomic E-state index is 0.188. The smallest absolute Gasteiger partial charge is 0.235 e. The molecule has 1 unspecified atom stereocenters. The van der Waals surface area contributed by atoms with Gasteiger partial charge in [0.25, 0.3) is 0 Å². The zero-order valence-electron chi connectivity index (χ0n) is 9.19. The van der Waals surface area contributed by atoms with E-state index in [0.717, 1.165) is 17.7 Å². The highest BCUT2D eigenvalue weighted by Crippen LogP contribution is 2.22. The highest BCUT2D eigenvalue weighted by Gasteiger charge is 2.28. The summed E-state index contributed by atoms with van der Waals surface area (Å²) in [6.45, 7) is 2.06. The fourth-order valence-corrected chi connectivity index (χ4v) is 1.83. The summed E-state index contributed by atoms with van der Waals surface area (Å²) in [5, 5.41) is 2.34. The van der Waals surface area contributed by atoms with Crippen LogP contribution in [0.3, 0.4) is 0 Å². The molecule has 1 atom stereocenters. The Morgan fingerprint density at radius 2 is 2.25 bits per heavy atom. The lowest BCUT2D eigenvalue weighted by Crippen LogP contribution is -2.39. The first-order chi connectivity index (χ1) is 7.70. The normalized spacial score (nSPS) is 20.7. The van der Waals surface area contributed by atoms with Crippen molar-refractivity contribution in [2.45, 2.75) is 32.1 Å². The first-order valence-electron chi connectivity index (χ1n) is 5.49. The largest absolute Gasteiger partial charge is 0.296 e. The third-order valence-corrected chi connectivity index (χ3v) is 2.85. The van der Waals surface area contributed by atoms with Crippen molar-refractivity contribution < 1.29 is 9.59 Å². The zero-order chi connectivity index (χ0) is 11.5. The van der Waals surface area contributed by atoms with Crippen LogP contribution in [0.4, 0.5) is 0 Å². The van der Waals surface area contributed by atoms with Gasteiger partial charge in [0, 0.05) is 12.6 Å². The summed E-state index contributed by atoms with van der Waals surface area (Å²) >= 11 is 0. The van der Waals surface area contributed by atoms with E-state index in [1.807, 2.05) is 12.1 Å². The fraction of sp³-hybridized carbons (Fsp3) is 0.417.